The quantitative estimate of drug-likeness (QED) is 0.680. The first-order valence-electron chi connectivity index (χ1n) is 8.23. The van der Waals surface area contributed by atoms with Crippen LogP contribution in [-0.4, -0.2) is 42.8 Å². The summed E-state index contributed by atoms with van der Waals surface area (Å²) in [5.74, 6) is -0.562. The van der Waals surface area contributed by atoms with E-state index in [2.05, 4.69) is 5.32 Å². The van der Waals surface area contributed by atoms with E-state index in [1.54, 1.807) is 42.5 Å². The summed E-state index contributed by atoms with van der Waals surface area (Å²) < 4.78 is 33.0. The molecular formula is C18H19N3O5S. The van der Waals surface area contributed by atoms with Gasteiger partial charge in [-0.05, 0) is 35.4 Å². The van der Waals surface area contributed by atoms with Crippen LogP contribution in [0.2, 0.25) is 0 Å². The van der Waals surface area contributed by atoms with Gasteiger partial charge in [0.25, 0.3) is 5.91 Å². The van der Waals surface area contributed by atoms with Gasteiger partial charge in [0.15, 0.2) is 0 Å². The highest BCUT2D eigenvalue weighted by Crippen LogP contribution is 2.28. The lowest BCUT2D eigenvalue weighted by atomic mass is 9.92. The summed E-state index contributed by atoms with van der Waals surface area (Å²) in [5, 5.41) is 2.59. The maximum absolute atomic E-state index is 12.9. The lowest BCUT2D eigenvalue weighted by Gasteiger charge is -2.36. The van der Waals surface area contributed by atoms with Crippen molar-refractivity contribution in [2.24, 2.45) is 0 Å². The first-order valence-corrected chi connectivity index (χ1v) is 9.67. The Bertz CT molecular complexity index is 976. The molecule has 0 saturated heterocycles. The molecule has 142 valence electrons. The highest BCUT2D eigenvalue weighted by molar-refractivity contribution is 7.87. The molecule has 0 aliphatic carbocycles. The van der Waals surface area contributed by atoms with Crippen LogP contribution in [0.3, 0.4) is 0 Å². The summed E-state index contributed by atoms with van der Waals surface area (Å²) in [6, 6.07) is 12.7. The third-order valence-corrected chi connectivity index (χ3v) is 4.91. The number of carbonyl (C=O) groups is 2. The predicted molar refractivity (Wildman–Crippen MR) is 99.5 cm³/mol. The van der Waals surface area contributed by atoms with E-state index in [0.29, 0.717) is 17.5 Å². The number of nitrogens with zero attached hydrogens (tertiary/aromatic N) is 1. The summed E-state index contributed by atoms with van der Waals surface area (Å²) in [4.78, 5) is 26.8. The second-order valence-electron chi connectivity index (χ2n) is 6.19. The van der Waals surface area contributed by atoms with E-state index in [1.807, 2.05) is 4.72 Å². The largest absolute Gasteiger partial charge is 0.357 e. The minimum atomic E-state index is -4.40. The average molecular weight is 389 g/mol. The van der Waals surface area contributed by atoms with E-state index < -0.39 is 16.3 Å². The van der Waals surface area contributed by atoms with Gasteiger partial charge >= 0.3 is 10.3 Å². The number of fused-ring (bicyclic) bond motifs is 1. The fraction of sp³-hybridized carbons (Fsp3) is 0.222. The van der Waals surface area contributed by atoms with Crippen molar-refractivity contribution < 1.29 is 22.6 Å². The van der Waals surface area contributed by atoms with Crippen molar-refractivity contribution in [1.29, 1.82) is 0 Å². The molecule has 1 atom stereocenters. The molecular weight excluding hydrogens is 370 g/mol. The molecule has 1 aliphatic rings. The van der Waals surface area contributed by atoms with E-state index in [9.17, 15) is 18.0 Å². The van der Waals surface area contributed by atoms with Crippen LogP contribution in [0.4, 0.5) is 5.69 Å². The standard InChI is InChI=1S/C18H19N3O5S/c1-19-17(22)16-10-13-7-8-15(20-27(24,25)26)9-14(13)11-21(16)18(23)12-5-3-2-4-6-12/h2-9,16,20H,10-11H2,1H3,(H,19,22)(H,24,25,26). The third-order valence-electron chi connectivity index (χ3n) is 4.41. The molecule has 3 N–H and O–H groups in total. The summed E-state index contributed by atoms with van der Waals surface area (Å²) in [5.41, 5.74) is 2.18. The van der Waals surface area contributed by atoms with E-state index in [-0.39, 0.29) is 24.0 Å². The van der Waals surface area contributed by atoms with Crippen molar-refractivity contribution >= 4 is 27.8 Å². The van der Waals surface area contributed by atoms with Gasteiger partial charge in [-0.25, -0.2) is 0 Å². The SMILES string of the molecule is CNC(=O)C1Cc2ccc(NS(=O)(=O)O)cc2CN1C(=O)c1ccccc1. The number of anilines is 1. The van der Waals surface area contributed by atoms with E-state index >= 15 is 0 Å². The normalized spacial score (nSPS) is 16.4. The van der Waals surface area contributed by atoms with Crippen LogP contribution in [0.1, 0.15) is 21.5 Å². The summed E-state index contributed by atoms with van der Waals surface area (Å²) in [7, 11) is -2.88. The van der Waals surface area contributed by atoms with Gasteiger partial charge in [0.05, 0.1) is 5.69 Å². The topological polar surface area (TPSA) is 116 Å². The highest BCUT2D eigenvalue weighted by Gasteiger charge is 2.34. The van der Waals surface area contributed by atoms with Crippen LogP contribution in [-0.2, 0) is 28.1 Å². The minimum absolute atomic E-state index is 0.141. The molecule has 1 unspecified atom stereocenters. The van der Waals surface area contributed by atoms with Gasteiger partial charge in [-0.15, -0.1) is 0 Å². The second kappa shape index (κ2) is 7.37. The second-order valence-corrected chi connectivity index (χ2v) is 7.35. The number of hydrogen-bond donors (Lipinski definition) is 3. The average Bonchev–Trinajstić information content (AvgIpc) is 2.65. The molecule has 8 nitrogen and oxygen atoms in total. The van der Waals surface area contributed by atoms with E-state index in [4.69, 9.17) is 4.55 Å². The number of amides is 2. The Hall–Kier alpha value is -2.91. The fourth-order valence-electron chi connectivity index (χ4n) is 3.16. The Morgan fingerprint density at radius 2 is 1.81 bits per heavy atom. The molecule has 2 aromatic carbocycles. The maximum Gasteiger partial charge on any atom is 0.357 e. The maximum atomic E-state index is 12.9. The Labute approximate surface area is 157 Å². The van der Waals surface area contributed by atoms with Crippen LogP contribution in [0.15, 0.2) is 48.5 Å². The molecule has 0 fully saturated rings. The molecule has 1 aliphatic heterocycles. The van der Waals surface area contributed by atoms with Crippen molar-refractivity contribution in [3.63, 3.8) is 0 Å². The molecule has 0 spiro atoms. The highest BCUT2D eigenvalue weighted by atomic mass is 32.2. The number of hydrogen-bond acceptors (Lipinski definition) is 4. The van der Waals surface area contributed by atoms with E-state index in [0.717, 1.165) is 5.56 Å². The summed E-state index contributed by atoms with van der Waals surface area (Å²) in [6.45, 7) is 0.141. The predicted octanol–water partition coefficient (Wildman–Crippen LogP) is 1.21. The molecule has 2 amide bonds. The first-order chi connectivity index (χ1) is 12.8. The molecule has 0 radical (unpaired) electrons. The lowest BCUT2D eigenvalue weighted by molar-refractivity contribution is -0.125. The smallest absolute Gasteiger partial charge is 0.357 e. The Morgan fingerprint density at radius 1 is 1.11 bits per heavy atom. The molecule has 9 heteroatoms. The van der Waals surface area contributed by atoms with Crippen LogP contribution in [0, 0.1) is 0 Å². The number of benzene rings is 2. The van der Waals surface area contributed by atoms with Gasteiger partial charge in [-0.2, -0.15) is 8.42 Å². The van der Waals surface area contributed by atoms with Gasteiger partial charge in [0.2, 0.25) is 5.91 Å². The number of nitrogens with one attached hydrogen (secondary N) is 2. The van der Waals surface area contributed by atoms with Gasteiger partial charge in [-0.3, -0.25) is 18.9 Å². The number of likely N-dealkylation sites (N-methyl/N-ethyl adjacent to an activating group) is 1. The summed E-state index contributed by atoms with van der Waals surface area (Å²) in [6.07, 6.45) is 0.305. The van der Waals surface area contributed by atoms with Crippen LogP contribution in [0.25, 0.3) is 0 Å². The number of carbonyl (C=O) groups excluding carboxylic acids is 2. The Balaban J connectivity index is 1.97. The van der Waals surface area contributed by atoms with Crippen molar-refractivity contribution in [1.82, 2.24) is 10.2 Å². The molecule has 2 aromatic rings. The van der Waals surface area contributed by atoms with Crippen LogP contribution >= 0.6 is 0 Å². The molecule has 3 rings (SSSR count). The van der Waals surface area contributed by atoms with Gasteiger partial charge in [0.1, 0.15) is 6.04 Å². The molecule has 27 heavy (non-hydrogen) atoms. The fourth-order valence-corrected chi connectivity index (χ4v) is 3.58. The zero-order valence-corrected chi connectivity index (χ0v) is 15.4. The Morgan fingerprint density at radius 3 is 2.44 bits per heavy atom. The zero-order valence-electron chi connectivity index (χ0n) is 14.5. The van der Waals surface area contributed by atoms with Crippen molar-refractivity contribution in [3.8, 4) is 0 Å². The van der Waals surface area contributed by atoms with Gasteiger partial charge in [0, 0.05) is 25.6 Å². The zero-order chi connectivity index (χ0) is 19.6. The monoisotopic (exact) mass is 389 g/mol. The molecule has 1 heterocycles. The summed E-state index contributed by atoms with van der Waals surface area (Å²) >= 11 is 0. The van der Waals surface area contributed by atoms with Crippen LogP contribution < -0.4 is 10.0 Å². The van der Waals surface area contributed by atoms with Crippen molar-refractivity contribution in [2.45, 2.75) is 19.0 Å². The molecule has 0 bridgehead atoms. The van der Waals surface area contributed by atoms with Crippen molar-refractivity contribution in [3.05, 3.63) is 65.2 Å². The number of rotatable bonds is 4. The molecule has 0 saturated carbocycles. The van der Waals surface area contributed by atoms with E-state index in [1.165, 1.54) is 18.0 Å². The van der Waals surface area contributed by atoms with Gasteiger partial charge in [-0.1, -0.05) is 24.3 Å². The van der Waals surface area contributed by atoms with Crippen LogP contribution in [0.5, 0.6) is 0 Å². The minimum Gasteiger partial charge on any atom is -0.357 e. The Kier molecular flexibility index (Phi) is 5.15. The first kappa shape index (κ1) is 18.9. The lowest BCUT2D eigenvalue weighted by Crippen LogP contribution is -2.51. The third kappa shape index (κ3) is 4.26. The van der Waals surface area contributed by atoms with Crippen molar-refractivity contribution in [2.75, 3.05) is 11.8 Å². The van der Waals surface area contributed by atoms with Gasteiger partial charge < -0.3 is 10.2 Å². The molecule has 0 aromatic heterocycles.